The molecule has 136 valence electrons. The van der Waals surface area contributed by atoms with E-state index in [4.69, 9.17) is 9.47 Å². The van der Waals surface area contributed by atoms with Gasteiger partial charge in [-0.3, -0.25) is 9.69 Å². The van der Waals surface area contributed by atoms with Crippen LogP contribution in [-0.4, -0.2) is 36.7 Å². The van der Waals surface area contributed by atoms with Gasteiger partial charge in [-0.15, -0.1) is 0 Å². The second-order valence-electron chi connectivity index (χ2n) is 6.37. The predicted molar refractivity (Wildman–Crippen MR) is 91.1 cm³/mol. The summed E-state index contributed by atoms with van der Waals surface area (Å²) in [5, 5.41) is 0. The average Bonchev–Trinajstić information content (AvgIpc) is 3.09. The summed E-state index contributed by atoms with van der Waals surface area (Å²) in [6, 6.07) is 8.66. The van der Waals surface area contributed by atoms with Gasteiger partial charge in [-0.1, -0.05) is 6.07 Å². The molecule has 1 amide bonds. The van der Waals surface area contributed by atoms with Crippen LogP contribution in [0.2, 0.25) is 0 Å². The van der Waals surface area contributed by atoms with E-state index in [9.17, 15) is 13.6 Å². The van der Waals surface area contributed by atoms with E-state index in [0.29, 0.717) is 24.6 Å². The summed E-state index contributed by atoms with van der Waals surface area (Å²) < 4.78 is 38.5. The van der Waals surface area contributed by atoms with E-state index in [2.05, 4.69) is 0 Å². The van der Waals surface area contributed by atoms with Crippen molar-refractivity contribution in [2.45, 2.75) is 19.5 Å². The third-order valence-corrected chi connectivity index (χ3v) is 4.87. The highest BCUT2D eigenvalue weighted by atomic mass is 19.1. The fraction of sp³-hybridized carbons (Fsp3) is 0.316. The van der Waals surface area contributed by atoms with Crippen LogP contribution in [0.25, 0.3) is 0 Å². The number of anilines is 1. The number of benzene rings is 2. The lowest BCUT2D eigenvalue weighted by atomic mass is 10.1. The van der Waals surface area contributed by atoms with Crippen LogP contribution in [-0.2, 0) is 11.3 Å². The Labute approximate surface area is 149 Å². The van der Waals surface area contributed by atoms with Crippen LogP contribution < -0.4 is 14.4 Å². The number of carbonyl (C=O) groups excluding carboxylic acids is 1. The summed E-state index contributed by atoms with van der Waals surface area (Å²) in [7, 11) is 0. The Morgan fingerprint density at radius 3 is 2.58 bits per heavy atom. The van der Waals surface area contributed by atoms with Crippen molar-refractivity contribution in [1.29, 1.82) is 0 Å². The molecule has 0 saturated carbocycles. The average molecular weight is 360 g/mol. The molecule has 5 nitrogen and oxygen atoms in total. The number of piperazine rings is 1. The monoisotopic (exact) mass is 360 g/mol. The van der Waals surface area contributed by atoms with E-state index >= 15 is 0 Å². The molecule has 2 aliphatic rings. The number of nitrogens with zero attached hydrogens (tertiary/aromatic N) is 2. The van der Waals surface area contributed by atoms with Gasteiger partial charge in [-0.2, -0.15) is 0 Å². The normalized spacial score (nSPS) is 19.9. The molecule has 0 aromatic heterocycles. The van der Waals surface area contributed by atoms with E-state index in [1.54, 1.807) is 28.9 Å². The highest BCUT2D eigenvalue weighted by molar-refractivity contribution is 5.98. The smallest absolute Gasteiger partial charge is 0.244 e. The zero-order valence-corrected chi connectivity index (χ0v) is 14.2. The zero-order chi connectivity index (χ0) is 18.3. The van der Waals surface area contributed by atoms with Gasteiger partial charge >= 0.3 is 0 Å². The summed E-state index contributed by atoms with van der Waals surface area (Å²) in [5.41, 5.74) is 0.714. The number of halogens is 2. The summed E-state index contributed by atoms with van der Waals surface area (Å²) in [5.74, 6) is -0.0423. The molecule has 1 fully saturated rings. The van der Waals surface area contributed by atoms with Crippen molar-refractivity contribution in [3.63, 3.8) is 0 Å². The Kier molecular flexibility index (Phi) is 4.24. The second-order valence-corrected chi connectivity index (χ2v) is 6.37. The molecule has 1 saturated heterocycles. The molecule has 2 heterocycles. The van der Waals surface area contributed by atoms with E-state index in [0.717, 1.165) is 5.69 Å². The van der Waals surface area contributed by atoms with Crippen LogP contribution in [0.1, 0.15) is 12.5 Å². The molecule has 0 spiro atoms. The number of fused-ring (bicyclic) bond motifs is 1. The first kappa shape index (κ1) is 16.8. The van der Waals surface area contributed by atoms with Crippen molar-refractivity contribution < 1.29 is 23.0 Å². The second kappa shape index (κ2) is 6.57. The first-order valence-electron chi connectivity index (χ1n) is 8.42. The highest BCUT2D eigenvalue weighted by Gasteiger charge is 2.33. The summed E-state index contributed by atoms with van der Waals surface area (Å²) >= 11 is 0. The Morgan fingerprint density at radius 2 is 1.81 bits per heavy atom. The first-order chi connectivity index (χ1) is 12.5. The number of carbonyl (C=O) groups is 1. The molecule has 2 aliphatic heterocycles. The van der Waals surface area contributed by atoms with Crippen molar-refractivity contribution in [1.82, 2.24) is 4.90 Å². The Hall–Kier alpha value is -2.67. The Balaban J connectivity index is 1.52. The minimum Gasteiger partial charge on any atom is -0.454 e. The largest absolute Gasteiger partial charge is 0.454 e. The van der Waals surface area contributed by atoms with Gasteiger partial charge in [-0.05, 0) is 31.2 Å². The Bertz CT molecular complexity index is 838. The molecule has 4 rings (SSSR count). The van der Waals surface area contributed by atoms with Crippen molar-refractivity contribution >= 4 is 11.6 Å². The molecular weight excluding hydrogens is 342 g/mol. The molecule has 0 aliphatic carbocycles. The minimum absolute atomic E-state index is 0.0105. The maximum Gasteiger partial charge on any atom is 0.244 e. The van der Waals surface area contributed by atoms with Gasteiger partial charge in [0.05, 0.1) is 6.04 Å². The summed E-state index contributed by atoms with van der Waals surface area (Å²) in [6.45, 7) is 2.92. The molecular formula is C19H18F2N2O3. The highest BCUT2D eigenvalue weighted by Crippen LogP contribution is 2.36. The lowest BCUT2D eigenvalue weighted by Crippen LogP contribution is -2.55. The van der Waals surface area contributed by atoms with Crippen molar-refractivity contribution in [2.24, 2.45) is 0 Å². The summed E-state index contributed by atoms with van der Waals surface area (Å²) in [4.78, 5) is 16.3. The standard InChI is InChI=1S/C19H18F2N2O3/c1-12-19(24)23(13-5-6-17-18(9-13)26-11-25-17)8-7-22(12)10-14-15(20)3-2-4-16(14)21/h2-6,9,12H,7-8,10-11H2,1H3. The van der Waals surface area contributed by atoms with Crippen LogP contribution >= 0.6 is 0 Å². The van der Waals surface area contributed by atoms with Crippen LogP contribution in [0.3, 0.4) is 0 Å². The van der Waals surface area contributed by atoms with Crippen LogP contribution in [0.15, 0.2) is 36.4 Å². The fourth-order valence-corrected chi connectivity index (χ4v) is 3.33. The molecule has 7 heteroatoms. The van der Waals surface area contributed by atoms with Crippen LogP contribution in [0, 0.1) is 11.6 Å². The van der Waals surface area contributed by atoms with Gasteiger partial charge in [0.2, 0.25) is 12.7 Å². The van der Waals surface area contributed by atoms with E-state index in [-0.39, 0.29) is 24.8 Å². The van der Waals surface area contributed by atoms with Gasteiger partial charge in [0.15, 0.2) is 11.5 Å². The van der Waals surface area contributed by atoms with Crippen molar-refractivity contribution in [3.05, 3.63) is 53.6 Å². The van der Waals surface area contributed by atoms with E-state index < -0.39 is 17.7 Å². The molecule has 0 bridgehead atoms. The van der Waals surface area contributed by atoms with E-state index in [1.807, 2.05) is 6.07 Å². The summed E-state index contributed by atoms with van der Waals surface area (Å²) in [6.07, 6.45) is 0. The SMILES string of the molecule is CC1C(=O)N(c2ccc3c(c2)OCO3)CCN1Cc1c(F)cccc1F. The minimum atomic E-state index is -0.595. The van der Waals surface area contributed by atoms with Gasteiger partial charge < -0.3 is 14.4 Å². The van der Waals surface area contributed by atoms with Gasteiger partial charge in [0, 0.05) is 37.0 Å². The molecule has 26 heavy (non-hydrogen) atoms. The fourth-order valence-electron chi connectivity index (χ4n) is 3.33. The maximum absolute atomic E-state index is 13.9. The van der Waals surface area contributed by atoms with Crippen molar-refractivity contribution in [2.75, 3.05) is 24.8 Å². The van der Waals surface area contributed by atoms with Crippen molar-refractivity contribution in [3.8, 4) is 11.5 Å². The third kappa shape index (κ3) is 2.88. The Morgan fingerprint density at radius 1 is 1.08 bits per heavy atom. The van der Waals surface area contributed by atoms with Gasteiger partial charge in [-0.25, -0.2) is 8.78 Å². The molecule has 0 radical (unpaired) electrons. The number of rotatable bonds is 3. The molecule has 2 aromatic rings. The number of ether oxygens (including phenoxy) is 2. The first-order valence-corrected chi connectivity index (χ1v) is 8.42. The molecule has 1 atom stereocenters. The predicted octanol–water partition coefficient (Wildman–Crippen LogP) is 2.93. The number of hydrogen-bond acceptors (Lipinski definition) is 4. The van der Waals surface area contributed by atoms with Crippen LogP contribution in [0.4, 0.5) is 14.5 Å². The maximum atomic E-state index is 13.9. The topological polar surface area (TPSA) is 42.0 Å². The quantitative estimate of drug-likeness (QED) is 0.844. The molecule has 1 unspecified atom stereocenters. The number of hydrogen-bond donors (Lipinski definition) is 0. The zero-order valence-electron chi connectivity index (χ0n) is 14.2. The van der Waals surface area contributed by atoms with Crippen LogP contribution in [0.5, 0.6) is 11.5 Å². The molecule has 2 aromatic carbocycles. The molecule has 0 N–H and O–H groups in total. The lowest BCUT2D eigenvalue weighted by Gasteiger charge is -2.39. The van der Waals surface area contributed by atoms with Gasteiger partial charge in [0.25, 0.3) is 0 Å². The lowest BCUT2D eigenvalue weighted by molar-refractivity contribution is -0.125. The van der Waals surface area contributed by atoms with E-state index in [1.165, 1.54) is 18.2 Å². The van der Waals surface area contributed by atoms with Gasteiger partial charge in [0.1, 0.15) is 11.6 Å². The third-order valence-electron chi connectivity index (χ3n) is 4.87. The number of amides is 1.